The lowest BCUT2D eigenvalue weighted by atomic mass is 10.2. The summed E-state index contributed by atoms with van der Waals surface area (Å²) in [6.07, 6.45) is 1.38. The largest absolute Gasteiger partial charge is 0.506 e. The molecule has 0 saturated carbocycles. The molecule has 0 atom stereocenters. The number of nitrogens with zero attached hydrogens (tertiary/aromatic N) is 2. The molecule has 0 radical (unpaired) electrons. The molecule has 3 rings (SSSR count). The standard InChI is InChI=1S/C14H9FN2O3/c15-9-5-6-12(13(7-9)17(19)20)16-8-14(18)10-3-1-2-4-11(10)16/h1-8,18H. The number of benzene rings is 2. The van der Waals surface area contributed by atoms with Gasteiger partial charge in [-0.05, 0) is 24.3 Å². The van der Waals surface area contributed by atoms with Gasteiger partial charge in [0.05, 0.1) is 22.7 Å². The molecule has 1 N–H and O–H groups in total. The first-order chi connectivity index (χ1) is 9.58. The summed E-state index contributed by atoms with van der Waals surface area (Å²) in [6.45, 7) is 0. The lowest BCUT2D eigenvalue weighted by molar-refractivity contribution is -0.384. The average molecular weight is 272 g/mol. The summed E-state index contributed by atoms with van der Waals surface area (Å²) in [4.78, 5) is 10.4. The van der Waals surface area contributed by atoms with Gasteiger partial charge in [-0.15, -0.1) is 0 Å². The van der Waals surface area contributed by atoms with E-state index in [-0.39, 0.29) is 17.1 Å². The van der Waals surface area contributed by atoms with E-state index in [9.17, 15) is 19.6 Å². The van der Waals surface area contributed by atoms with E-state index in [1.807, 2.05) is 0 Å². The van der Waals surface area contributed by atoms with Gasteiger partial charge >= 0.3 is 0 Å². The average Bonchev–Trinajstić information content (AvgIpc) is 2.77. The van der Waals surface area contributed by atoms with Crippen molar-refractivity contribution >= 4 is 16.6 Å². The van der Waals surface area contributed by atoms with E-state index in [4.69, 9.17) is 0 Å². The van der Waals surface area contributed by atoms with Crippen LogP contribution < -0.4 is 0 Å². The molecule has 0 amide bonds. The first-order valence-corrected chi connectivity index (χ1v) is 5.81. The van der Waals surface area contributed by atoms with Crippen LogP contribution in [0.5, 0.6) is 5.75 Å². The maximum atomic E-state index is 13.2. The third kappa shape index (κ3) is 1.78. The minimum absolute atomic E-state index is 0.0132. The zero-order valence-corrected chi connectivity index (χ0v) is 10.2. The molecule has 6 heteroatoms. The van der Waals surface area contributed by atoms with E-state index in [1.165, 1.54) is 16.8 Å². The van der Waals surface area contributed by atoms with Crippen LogP contribution in [0, 0.1) is 15.9 Å². The number of fused-ring (bicyclic) bond motifs is 1. The van der Waals surface area contributed by atoms with Crippen LogP contribution in [0.15, 0.2) is 48.7 Å². The molecular weight excluding hydrogens is 263 g/mol. The van der Waals surface area contributed by atoms with Crippen molar-refractivity contribution in [3.63, 3.8) is 0 Å². The van der Waals surface area contributed by atoms with Crippen molar-refractivity contribution in [2.24, 2.45) is 0 Å². The van der Waals surface area contributed by atoms with Crippen LogP contribution in [-0.2, 0) is 0 Å². The Morgan fingerprint density at radius 2 is 1.95 bits per heavy atom. The molecule has 0 spiro atoms. The smallest absolute Gasteiger partial charge is 0.296 e. The number of aromatic hydroxyl groups is 1. The first kappa shape index (κ1) is 12.2. The molecule has 0 aliphatic carbocycles. The maximum absolute atomic E-state index is 13.2. The number of nitro groups is 1. The van der Waals surface area contributed by atoms with Crippen LogP contribution in [-0.4, -0.2) is 14.6 Å². The minimum Gasteiger partial charge on any atom is -0.506 e. The molecule has 2 aromatic carbocycles. The minimum atomic E-state index is -0.680. The van der Waals surface area contributed by atoms with E-state index in [1.54, 1.807) is 24.3 Å². The number of hydrogen-bond donors (Lipinski definition) is 1. The fraction of sp³-hybridized carbons (Fsp3) is 0. The lowest BCUT2D eigenvalue weighted by Crippen LogP contribution is -1.99. The second kappa shape index (κ2) is 4.34. The Hall–Kier alpha value is -2.89. The molecule has 3 aromatic rings. The van der Waals surface area contributed by atoms with Gasteiger partial charge in [-0.3, -0.25) is 10.1 Å². The third-order valence-electron chi connectivity index (χ3n) is 3.08. The quantitative estimate of drug-likeness (QED) is 0.574. The molecule has 0 aliphatic rings. The van der Waals surface area contributed by atoms with Gasteiger partial charge in [0.15, 0.2) is 0 Å². The third-order valence-corrected chi connectivity index (χ3v) is 3.08. The van der Waals surface area contributed by atoms with Gasteiger partial charge in [0.25, 0.3) is 5.69 Å². The summed E-state index contributed by atoms with van der Waals surface area (Å²) < 4.78 is 14.7. The van der Waals surface area contributed by atoms with Gasteiger partial charge in [-0.1, -0.05) is 12.1 Å². The lowest BCUT2D eigenvalue weighted by Gasteiger charge is -2.06. The van der Waals surface area contributed by atoms with E-state index >= 15 is 0 Å². The molecule has 0 aliphatic heterocycles. The predicted molar refractivity (Wildman–Crippen MR) is 71.6 cm³/mol. The fourth-order valence-electron chi connectivity index (χ4n) is 2.21. The van der Waals surface area contributed by atoms with Crippen molar-refractivity contribution in [1.82, 2.24) is 4.57 Å². The summed E-state index contributed by atoms with van der Waals surface area (Å²) in [5, 5.41) is 21.5. The SMILES string of the molecule is O=[N+]([O-])c1cc(F)ccc1-n1cc(O)c2ccccc21. The van der Waals surface area contributed by atoms with E-state index < -0.39 is 10.7 Å². The Balaban J connectivity index is 2.34. The van der Waals surface area contributed by atoms with Crippen LogP contribution in [0.3, 0.4) is 0 Å². The molecule has 0 fully saturated rings. The van der Waals surface area contributed by atoms with Crippen molar-refractivity contribution in [2.75, 3.05) is 0 Å². The van der Waals surface area contributed by atoms with E-state index in [0.717, 1.165) is 12.1 Å². The van der Waals surface area contributed by atoms with Crippen molar-refractivity contribution in [1.29, 1.82) is 0 Å². The van der Waals surface area contributed by atoms with Crippen LogP contribution in [0.2, 0.25) is 0 Å². The van der Waals surface area contributed by atoms with Crippen LogP contribution in [0.25, 0.3) is 16.6 Å². The van der Waals surface area contributed by atoms with Gasteiger partial charge in [0, 0.05) is 5.39 Å². The van der Waals surface area contributed by atoms with Gasteiger partial charge in [0.2, 0.25) is 0 Å². The Bertz CT molecular complexity index is 826. The number of rotatable bonds is 2. The van der Waals surface area contributed by atoms with Gasteiger partial charge in [0.1, 0.15) is 17.3 Å². The van der Waals surface area contributed by atoms with E-state index in [0.29, 0.717) is 10.9 Å². The van der Waals surface area contributed by atoms with Crippen molar-refractivity contribution < 1.29 is 14.4 Å². The molecule has 0 unspecified atom stereocenters. The fourth-order valence-corrected chi connectivity index (χ4v) is 2.21. The van der Waals surface area contributed by atoms with Gasteiger partial charge < -0.3 is 9.67 Å². The second-order valence-corrected chi connectivity index (χ2v) is 4.29. The molecule has 5 nitrogen and oxygen atoms in total. The van der Waals surface area contributed by atoms with Crippen molar-refractivity contribution in [3.8, 4) is 11.4 Å². The summed E-state index contributed by atoms with van der Waals surface area (Å²) in [6, 6.07) is 10.3. The van der Waals surface area contributed by atoms with Crippen molar-refractivity contribution in [3.05, 3.63) is 64.6 Å². The summed E-state index contributed by atoms with van der Waals surface area (Å²) in [5.74, 6) is -0.666. The molecule has 20 heavy (non-hydrogen) atoms. The van der Waals surface area contributed by atoms with Crippen molar-refractivity contribution in [2.45, 2.75) is 0 Å². The molecule has 1 aromatic heterocycles. The maximum Gasteiger partial charge on any atom is 0.296 e. The normalized spacial score (nSPS) is 10.8. The number of para-hydroxylation sites is 1. The predicted octanol–water partition coefficient (Wildman–Crippen LogP) is 3.38. The highest BCUT2D eigenvalue weighted by Gasteiger charge is 2.19. The first-order valence-electron chi connectivity index (χ1n) is 5.81. The van der Waals surface area contributed by atoms with Gasteiger partial charge in [-0.2, -0.15) is 0 Å². The van der Waals surface area contributed by atoms with Crippen LogP contribution in [0.4, 0.5) is 10.1 Å². The highest BCUT2D eigenvalue weighted by Crippen LogP contribution is 2.33. The molecule has 1 heterocycles. The summed E-state index contributed by atoms with van der Waals surface area (Å²) in [7, 11) is 0. The van der Waals surface area contributed by atoms with E-state index in [2.05, 4.69) is 0 Å². The molecule has 0 saturated heterocycles. The molecule has 0 bridgehead atoms. The number of aromatic nitrogens is 1. The highest BCUT2D eigenvalue weighted by atomic mass is 19.1. The highest BCUT2D eigenvalue weighted by molar-refractivity contribution is 5.88. The molecule has 100 valence electrons. The number of nitro benzene ring substituents is 1. The monoisotopic (exact) mass is 272 g/mol. The topological polar surface area (TPSA) is 68.3 Å². The zero-order chi connectivity index (χ0) is 14.3. The number of halogens is 1. The Kier molecular flexibility index (Phi) is 2.64. The Morgan fingerprint density at radius 3 is 2.70 bits per heavy atom. The molecular formula is C14H9FN2O3. The van der Waals surface area contributed by atoms with Crippen LogP contribution in [0.1, 0.15) is 0 Å². The van der Waals surface area contributed by atoms with Gasteiger partial charge in [-0.25, -0.2) is 4.39 Å². The Labute approximate surface area is 112 Å². The Morgan fingerprint density at radius 1 is 1.20 bits per heavy atom. The summed E-state index contributed by atoms with van der Waals surface area (Å²) in [5.41, 5.74) is 0.457. The summed E-state index contributed by atoms with van der Waals surface area (Å²) >= 11 is 0. The zero-order valence-electron chi connectivity index (χ0n) is 10.2. The number of hydrogen-bond acceptors (Lipinski definition) is 3. The van der Waals surface area contributed by atoms with Crippen LogP contribution >= 0.6 is 0 Å². The second-order valence-electron chi connectivity index (χ2n) is 4.29.